The Morgan fingerprint density at radius 1 is 1.15 bits per heavy atom. The summed E-state index contributed by atoms with van der Waals surface area (Å²) in [5.74, 6) is -7.68. The summed E-state index contributed by atoms with van der Waals surface area (Å²) in [6, 6.07) is 0.461. The van der Waals surface area contributed by atoms with Crippen LogP contribution >= 0.6 is 0 Å². The van der Waals surface area contributed by atoms with Crippen LogP contribution in [0.5, 0.6) is 5.75 Å². The number of rotatable bonds is 6. The molecule has 0 radical (unpaired) electrons. The summed E-state index contributed by atoms with van der Waals surface area (Å²) in [5, 5.41) is 47.8. The Hall–Kier alpha value is -3.90. The third-order valence-electron chi connectivity index (χ3n) is 8.11. The van der Waals surface area contributed by atoms with E-state index in [0.29, 0.717) is 24.3 Å². The standard InChI is InChI=1S/C27H34N4O8/c1-6-31(7-2)16-10-15(29-11(3)32)21(33)18-13(16)8-12-9-14-20(30(4)5)23(35)19(26(28)38)25(37)27(14,39)24(36)17(12)22(18)34/h10,12,14,20,33-34,37,39H,6-9H2,1-5H3,(H2,28,38)(H,29,32)/t12?,14?,20-,27-/m0/s1. The number of aliphatic hydroxyl groups is 3. The van der Waals surface area contributed by atoms with Gasteiger partial charge in [-0.3, -0.25) is 24.1 Å². The van der Waals surface area contributed by atoms with Gasteiger partial charge in [0.25, 0.3) is 5.91 Å². The first kappa shape index (κ1) is 28.1. The fourth-order valence-electron chi connectivity index (χ4n) is 6.42. The van der Waals surface area contributed by atoms with Gasteiger partial charge in [0.1, 0.15) is 22.8 Å². The van der Waals surface area contributed by atoms with E-state index < -0.39 is 69.7 Å². The highest BCUT2D eigenvalue weighted by Crippen LogP contribution is 2.54. The number of carbonyl (C=O) groups excluding carboxylic acids is 4. The normalized spacial score (nSPS) is 26.3. The molecule has 0 heterocycles. The van der Waals surface area contributed by atoms with Crippen molar-refractivity contribution in [3.8, 4) is 5.75 Å². The number of amides is 2. The van der Waals surface area contributed by atoms with Crippen molar-refractivity contribution < 1.29 is 39.6 Å². The fourth-order valence-corrected chi connectivity index (χ4v) is 6.42. The topological polar surface area (TPSA) is 194 Å². The molecule has 0 bridgehead atoms. The number of likely N-dealkylation sites (N-methyl/N-ethyl adjacent to an activating group) is 1. The molecule has 7 N–H and O–H groups in total. The van der Waals surface area contributed by atoms with E-state index in [2.05, 4.69) is 5.32 Å². The lowest BCUT2D eigenvalue weighted by atomic mass is 9.57. The molecule has 4 atom stereocenters. The molecule has 210 valence electrons. The third-order valence-corrected chi connectivity index (χ3v) is 8.11. The van der Waals surface area contributed by atoms with E-state index in [-0.39, 0.29) is 29.7 Å². The number of aromatic hydroxyl groups is 1. The quantitative estimate of drug-likeness (QED) is 0.221. The van der Waals surface area contributed by atoms with Crippen molar-refractivity contribution in [3.63, 3.8) is 0 Å². The minimum Gasteiger partial charge on any atom is -0.508 e. The highest BCUT2D eigenvalue weighted by molar-refractivity contribution is 6.24. The number of nitrogens with zero attached hydrogens (tertiary/aromatic N) is 2. The van der Waals surface area contributed by atoms with Crippen molar-refractivity contribution in [2.24, 2.45) is 17.6 Å². The second-order valence-corrected chi connectivity index (χ2v) is 10.5. The van der Waals surface area contributed by atoms with E-state index in [1.165, 1.54) is 11.8 Å². The van der Waals surface area contributed by atoms with E-state index >= 15 is 0 Å². The van der Waals surface area contributed by atoms with Crippen LogP contribution in [0.1, 0.15) is 38.3 Å². The lowest BCUT2D eigenvalue weighted by molar-refractivity contribution is -0.153. The Labute approximate surface area is 225 Å². The number of hydrogen-bond acceptors (Lipinski definition) is 10. The number of anilines is 2. The molecule has 2 unspecified atom stereocenters. The summed E-state index contributed by atoms with van der Waals surface area (Å²) in [6.45, 7) is 6.26. The molecule has 0 aromatic heterocycles. The van der Waals surface area contributed by atoms with E-state index in [4.69, 9.17) is 5.73 Å². The van der Waals surface area contributed by atoms with E-state index in [1.54, 1.807) is 20.2 Å². The lowest BCUT2D eigenvalue weighted by Crippen LogP contribution is -2.65. The molecule has 12 nitrogen and oxygen atoms in total. The molecule has 0 aliphatic heterocycles. The van der Waals surface area contributed by atoms with Crippen LogP contribution in [0, 0.1) is 11.8 Å². The first-order valence-electron chi connectivity index (χ1n) is 12.8. The highest BCUT2D eigenvalue weighted by atomic mass is 16.3. The molecule has 3 aliphatic carbocycles. The van der Waals surface area contributed by atoms with Crippen LogP contribution in [0.4, 0.5) is 11.4 Å². The molecule has 1 fully saturated rings. The van der Waals surface area contributed by atoms with Crippen LogP contribution in [0.3, 0.4) is 0 Å². The number of nitrogens with two attached hydrogens (primary N) is 1. The Morgan fingerprint density at radius 2 is 1.77 bits per heavy atom. The average Bonchev–Trinajstić information content (AvgIpc) is 2.84. The number of hydrogen-bond donors (Lipinski definition) is 6. The number of ketones is 2. The number of fused-ring (bicyclic) bond motifs is 3. The van der Waals surface area contributed by atoms with Gasteiger partial charge in [-0.15, -0.1) is 0 Å². The maximum absolute atomic E-state index is 14.0. The van der Waals surface area contributed by atoms with Crippen LogP contribution in [0.15, 0.2) is 23.0 Å². The first-order valence-corrected chi connectivity index (χ1v) is 12.8. The average molecular weight is 543 g/mol. The van der Waals surface area contributed by atoms with Gasteiger partial charge < -0.3 is 36.4 Å². The van der Waals surface area contributed by atoms with Gasteiger partial charge in [-0.1, -0.05) is 0 Å². The molecule has 0 saturated heterocycles. The molecular weight excluding hydrogens is 508 g/mol. The zero-order chi connectivity index (χ0) is 29.1. The molecule has 12 heteroatoms. The number of carbonyl (C=O) groups is 4. The van der Waals surface area contributed by atoms with Gasteiger partial charge in [-0.2, -0.15) is 0 Å². The Bertz CT molecular complexity index is 1360. The zero-order valence-electron chi connectivity index (χ0n) is 22.5. The molecule has 2 amide bonds. The van der Waals surface area contributed by atoms with Crippen LogP contribution in [0.2, 0.25) is 0 Å². The molecule has 1 aromatic rings. The van der Waals surface area contributed by atoms with Gasteiger partial charge >= 0.3 is 0 Å². The van der Waals surface area contributed by atoms with Gasteiger partial charge in [0.2, 0.25) is 11.7 Å². The van der Waals surface area contributed by atoms with Crippen LogP contribution in [-0.4, -0.2) is 87.5 Å². The minimum absolute atomic E-state index is 0.00232. The fraction of sp³-hybridized carbons (Fsp3) is 0.481. The minimum atomic E-state index is -2.71. The van der Waals surface area contributed by atoms with E-state index in [1.807, 2.05) is 18.7 Å². The highest BCUT2D eigenvalue weighted by Gasteiger charge is 2.64. The lowest BCUT2D eigenvalue weighted by Gasteiger charge is -2.50. The molecule has 0 spiro atoms. The van der Waals surface area contributed by atoms with E-state index in [9.17, 15) is 39.6 Å². The largest absolute Gasteiger partial charge is 0.508 e. The van der Waals surface area contributed by atoms with Crippen molar-refractivity contribution in [2.45, 2.75) is 45.3 Å². The molecule has 39 heavy (non-hydrogen) atoms. The summed E-state index contributed by atoms with van der Waals surface area (Å²) in [7, 11) is 3.10. The summed E-state index contributed by atoms with van der Waals surface area (Å²) in [5.41, 5.74) is 2.67. The summed E-state index contributed by atoms with van der Waals surface area (Å²) in [4.78, 5) is 54.6. The molecule has 4 rings (SSSR count). The SMILES string of the molecule is CCN(CC)c1cc(NC(C)=O)c(O)c2c1CC1CC3[C@H](N(C)C)C(=O)C(C(N)=O)=C(O)[C@@]3(O)C(=O)C1=C2O. The number of phenols is 1. The van der Waals surface area contributed by atoms with E-state index in [0.717, 1.165) is 0 Å². The Balaban J connectivity index is 2.02. The number of benzene rings is 1. The monoisotopic (exact) mass is 542 g/mol. The first-order chi connectivity index (χ1) is 18.2. The second kappa shape index (κ2) is 9.69. The van der Waals surface area contributed by atoms with Crippen LogP contribution in [-0.2, 0) is 25.6 Å². The number of Topliss-reactive ketones (excluding diaryl/α,β-unsaturated/α-hetero) is 2. The molecular formula is C27H34N4O8. The predicted octanol–water partition coefficient (Wildman–Crippen LogP) is 0.769. The number of aliphatic hydroxyl groups excluding tert-OH is 2. The van der Waals surface area contributed by atoms with Crippen LogP contribution in [0.25, 0.3) is 5.76 Å². The van der Waals surface area contributed by atoms with Crippen molar-refractivity contribution in [2.75, 3.05) is 37.4 Å². The van der Waals surface area contributed by atoms with Crippen molar-refractivity contribution in [3.05, 3.63) is 34.1 Å². The van der Waals surface area contributed by atoms with Gasteiger partial charge in [0, 0.05) is 37.2 Å². The van der Waals surface area contributed by atoms with Crippen molar-refractivity contribution >= 4 is 40.5 Å². The smallest absolute Gasteiger partial charge is 0.255 e. The molecule has 1 aromatic carbocycles. The summed E-state index contributed by atoms with van der Waals surface area (Å²) in [6.07, 6.45) is 0.159. The Kier molecular flexibility index (Phi) is 6.98. The zero-order valence-corrected chi connectivity index (χ0v) is 22.5. The number of phenolic OH excluding ortho intramolecular Hbond substituents is 1. The van der Waals surface area contributed by atoms with Gasteiger partial charge in [-0.25, -0.2) is 0 Å². The van der Waals surface area contributed by atoms with Crippen LogP contribution < -0.4 is 16.0 Å². The van der Waals surface area contributed by atoms with Gasteiger partial charge in [0.15, 0.2) is 11.4 Å². The maximum atomic E-state index is 14.0. The molecule has 3 aliphatic rings. The molecule has 1 saturated carbocycles. The number of nitrogens with one attached hydrogen (secondary N) is 1. The predicted molar refractivity (Wildman–Crippen MR) is 142 cm³/mol. The summed E-state index contributed by atoms with van der Waals surface area (Å²) < 4.78 is 0. The Morgan fingerprint density at radius 3 is 2.28 bits per heavy atom. The van der Waals surface area contributed by atoms with Gasteiger partial charge in [-0.05, 0) is 58.3 Å². The van der Waals surface area contributed by atoms with Crippen molar-refractivity contribution in [1.29, 1.82) is 0 Å². The van der Waals surface area contributed by atoms with Crippen molar-refractivity contribution in [1.82, 2.24) is 4.90 Å². The van der Waals surface area contributed by atoms with Gasteiger partial charge in [0.05, 0.1) is 17.3 Å². The third kappa shape index (κ3) is 3.97. The maximum Gasteiger partial charge on any atom is 0.255 e. The number of primary amides is 1. The second-order valence-electron chi connectivity index (χ2n) is 10.5. The summed E-state index contributed by atoms with van der Waals surface area (Å²) >= 11 is 0.